The Bertz CT molecular complexity index is 560. The summed E-state index contributed by atoms with van der Waals surface area (Å²) in [5.41, 5.74) is 1.87. The van der Waals surface area contributed by atoms with Crippen LogP contribution >= 0.6 is 0 Å². The zero-order valence-electron chi connectivity index (χ0n) is 12.7. The average molecular weight is 312 g/mol. The Morgan fingerprint density at radius 1 is 1.38 bits per heavy atom. The minimum absolute atomic E-state index is 0.124. The van der Waals surface area contributed by atoms with Gasteiger partial charge >= 0.3 is 0 Å². The number of fused-ring (bicyclic) bond motifs is 1. The van der Waals surface area contributed by atoms with Crippen LogP contribution in [0.1, 0.15) is 30.9 Å². The van der Waals surface area contributed by atoms with Crippen molar-refractivity contribution in [3.05, 3.63) is 29.8 Å². The highest BCUT2D eigenvalue weighted by Crippen LogP contribution is 2.34. The molecular weight excluding hydrogens is 288 g/mol. The molecule has 0 saturated carbocycles. The van der Waals surface area contributed by atoms with Crippen LogP contribution in [0.25, 0.3) is 0 Å². The molecule has 5 nitrogen and oxygen atoms in total. The molecule has 118 valence electrons. The van der Waals surface area contributed by atoms with Crippen molar-refractivity contribution in [3.63, 3.8) is 0 Å². The molecule has 2 rings (SSSR count). The number of benzene rings is 1. The first-order chi connectivity index (χ1) is 10.1. The summed E-state index contributed by atoms with van der Waals surface area (Å²) in [6.07, 6.45) is 2.31. The van der Waals surface area contributed by atoms with Crippen molar-refractivity contribution in [1.29, 1.82) is 0 Å². The van der Waals surface area contributed by atoms with Crippen LogP contribution in [-0.2, 0) is 14.8 Å². The largest absolute Gasteiger partial charge is 0.385 e. The van der Waals surface area contributed by atoms with E-state index in [2.05, 4.69) is 5.32 Å². The molecule has 0 aromatic heterocycles. The second kappa shape index (κ2) is 7.24. The molecule has 0 amide bonds. The topological polar surface area (TPSA) is 58.6 Å². The molecule has 1 aromatic rings. The van der Waals surface area contributed by atoms with Crippen LogP contribution in [0.2, 0.25) is 0 Å². The number of para-hydroxylation sites is 1. The van der Waals surface area contributed by atoms with E-state index in [1.54, 1.807) is 11.4 Å². The Morgan fingerprint density at radius 2 is 2.14 bits per heavy atom. The highest BCUT2D eigenvalue weighted by Gasteiger charge is 2.28. The maximum atomic E-state index is 12.6. The van der Waals surface area contributed by atoms with Crippen LogP contribution in [0.5, 0.6) is 0 Å². The van der Waals surface area contributed by atoms with Gasteiger partial charge in [0.25, 0.3) is 0 Å². The molecule has 1 aliphatic rings. The van der Waals surface area contributed by atoms with Crippen molar-refractivity contribution in [1.82, 2.24) is 5.32 Å². The van der Waals surface area contributed by atoms with Crippen molar-refractivity contribution in [2.24, 2.45) is 0 Å². The second-order valence-electron chi connectivity index (χ2n) is 5.28. The monoisotopic (exact) mass is 312 g/mol. The van der Waals surface area contributed by atoms with Crippen molar-refractivity contribution in [2.45, 2.75) is 25.3 Å². The van der Waals surface area contributed by atoms with Crippen LogP contribution in [0.4, 0.5) is 5.69 Å². The molecule has 0 aliphatic carbocycles. The molecule has 1 heterocycles. The number of rotatable bonds is 6. The van der Waals surface area contributed by atoms with Crippen LogP contribution in [-0.4, -0.2) is 41.5 Å². The van der Waals surface area contributed by atoms with Crippen LogP contribution in [0.3, 0.4) is 0 Å². The lowest BCUT2D eigenvalue weighted by molar-refractivity contribution is 0.199. The fourth-order valence-corrected chi connectivity index (χ4v) is 4.39. The first-order valence-corrected chi connectivity index (χ1v) is 8.96. The molecule has 0 spiro atoms. The van der Waals surface area contributed by atoms with E-state index in [0.29, 0.717) is 19.6 Å². The maximum Gasteiger partial charge on any atom is 0.235 e. The third-order valence-corrected chi connectivity index (χ3v) is 5.73. The molecule has 1 aliphatic heterocycles. The van der Waals surface area contributed by atoms with Gasteiger partial charge in [0.05, 0.1) is 11.4 Å². The highest BCUT2D eigenvalue weighted by atomic mass is 32.2. The number of methoxy groups -OCH3 is 1. The summed E-state index contributed by atoms with van der Waals surface area (Å²) in [7, 11) is 0.211. The Labute approximate surface area is 127 Å². The normalized spacial score (nSPS) is 19.1. The molecule has 6 heteroatoms. The predicted octanol–water partition coefficient (Wildman–Crippen LogP) is 1.91. The van der Waals surface area contributed by atoms with Gasteiger partial charge in [0.15, 0.2) is 0 Å². The minimum atomic E-state index is -3.30. The summed E-state index contributed by atoms with van der Waals surface area (Å²) in [4.78, 5) is 0. The Morgan fingerprint density at radius 3 is 2.86 bits per heavy atom. The number of nitrogens with one attached hydrogen (secondary N) is 1. The van der Waals surface area contributed by atoms with E-state index in [4.69, 9.17) is 4.74 Å². The SMILES string of the molecule is CNC1CCCN(S(=O)(=O)CCCOC)c2ccccc21. The van der Waals surface area contributed by atoms with E-state index in [-0.39, 0.29) is 11.8 Å². The fraction of sp³-hybridized carbons (Fsp3) is 0.600. The summed E-state index contributed by atoms with van der Waals surface area (Å²) in [6, 6.07) is 7.98. The molecular formula is C15H24N2O3S. The smallest absolute Gasteiger partial charge is 0.235 e. The van der Waals surface area contributed by atoms with Crippen molar-refractivity contribution < 1.29 is 13.2 Å². The molecule has 1 atom stereocenters. The highest BCUT2D eigenvalue weighted by molar-refractivity contribution is 7.92. The number of hydrogen-bond donors (Lipinski definition) is 1. The Hall–Kier alpha value is -1.11. The quantitative estimate of drug-likeness (QED) is 0.815. The van der Waals surface area contributed by atoms with Gasteiger partial charge in [0, 0.05) is 26.3 Å². The lowest BCUT2D eigenvalue weighted by atomic mass is 10.0. The summed E-state index contributed by atoms with van der Waals surface area (Å²) in [6.45, 7) is 1.01. The lowest BCUT2D eigenvalue weighted by Crippen LogP contribution is -2.34. The molecule has 1 unspecified atom stereocenters. The lowest BCUT2D eigenvalue weighted by Gasteiger charge is -2.25. The molecule has 1 N–H and O–H groups in total. The number of ether oxygens (including phenoxy) is 1. The third kappa shape index (κ3) is 3.75. The van der Waals surface area contributed by atoms with Crippen molar-refractivity contribution in [3.8, 4) is 0 Å². The van der Waals surface area contributed by atoms with Crippen molar-refractivity contribution in [2.75, 3.05) is 37.4 Å². The number of hydrogen-bond acceptors (Lipinski definition) is 4. The van der Waals surface area contributed by atoms with Gasteiger partial charge in [-0.15, -0.1) is 0 Å². The van der Waals surface area contributed by atoms with Gasteiger partial charge in [-0.05, 0) is 37.9 Å². The Balaban J connectivity index is 2.31. The second-order valence-corrected chi connectivity index (χ2v) is 7.29. The first kappa shape index (κ1) is 16.3. The van der Waals surface area contributed by atoms with E-state index in [0.717, 1.165) is 24.1 Å². The van der Waals surface area contributed by atoms with E-state index >= 15 is 0 Å². The third-order valence-electron chi connectivity index (χ3n) is 3.87. The van der Waals surface area contributed by atoms with Gasteiger partial charge in [-0.25, -0.2) is 8.42 Å². The van der Waals surface area contributed by atoms with E-state index in [1.165, 1.54) is 0 Å². The van der Waals surface area contributed by atoms with Gasteiger partial charge < -0.3 is 10.1 Å². The molecule has 0 fully saturated rings. The summed E-state index contributed by atoms with van der Waals surface area (Å²) < 4.78 is 31.8. The van der Waals surface area contributed by atoms with Gasteiger partial charge in [0.2, 0.25) is 10.0 Å². The zero-order valence-corrected chi connectivity index (χ0v) is 13.5. The van der Waals surface area contributed by atoms with E-state index in [9.17, 15) is 8.42 Å². The molecule has 21 heavy (non-hydrogen) atoms. The molecule has 1 aromatic carbocycles. The van der Waals surface area contributed by atoms with Gasteiger partial charge in [-0.1, -0.05) is 18.2 Å². The molecule has 0 bridgehead atoms. The Kier molecular flexibility index (Phi) is 5.61. The predicted molar refractivity (Wildman–Crippen MR) is 85.1 cm³/mol. The van der Waals surface area contributed by atoms with Crippen LogP contribution < -0.4 is 9.62 Å². The zero-order chi connectivity index (χ0) is 15.3. The number of nitrogens with zero attached hydrogens (tertiary/aromatic N) is 1. The molecule has 0 saturated heterocycles. The molecule has 0 radical (unpaired) electrons. The van der Waals surface area contributed by atoms with Gasteiger partial charge in [-0.3, -0.25) is 4.31 Å². The standard InChI is InChI=1S/C15H24N2O3S/c1-16-14-8-5-10-17(15-9-4-3-7-13(14)15)21(18,19)12-6-11-20-2/h3-4,7,9,14,16H,5-6,8,10-12H2,1-2H3. The van der Waals surface area contributed by atoms with Gasteiger partial charge in [-0.2, -0.15) is 0 Å². The summed E-state index contributed by atoms with van der Waals surface area (Å²) in [5, 5.41) is 3.28. The summed E-state index contributed by atoms with van der Waals surface area (Å²) in [5.74, 6) is 0.124. The minimum Gasteiger partial charge on any atom is -0.385 e. The van der Waals surface area contributed by atoms with Crippen LogP contribution in [0.15, 0.2) is 24.3 Å². The van der Waals surface area contributed by atoms with Crippen LogP contribution in [0, 0.1) is 0 Å². The van der Waals surface area contributed by atoms with E-state index < -0.39 is 10.0 Å². The van der Waals surface area contributed by atoms with Crippen molar-refractivity contribution >= 4 is 15.7 Å². The number of sulfonamides is 1. The van der Waals surface area contributed by atoms with E-state index in [1.807, 2.05) is 31.3 Å². The summed E-state index contributed by atoms with van der Waals surface area (Å²) >= 11 is 0. The van der Waals surface area contributed by atoms with Gasteiger partial charge in [0.1, 0.15) is 0 Å². The maximum absolute atomic E-state index is 12.6. The first-order valence-electron chi connectivity index (χ1n) is 7.35. The average Bonchev–Trinajstić information content (AvgIpc) is 2.67. The number of anilines is 1. The fourth-order valence-electron chi connectivity index (χ4n) is 2.81.